The molecule has 0 aliphatic carbocycles. The number of carbonyl (C=O) groups is 1. The van der Waals surface area contributed by atoms with Gasteiger partial charge in [-0.1, -0.05) is 17.7 Å². The Bertz CT molecular complexity index is 1200. The molecule has 2 atom stereocenters. The van der Waals surface area contributed by atoms with Gasteiger partial charge in [0.25, 0.3) is 5.91 Å². The number of halogens is 7. The molecular formula is C20H18ClF6N3O3S. The lowest BCUT2D eigenvalue weighted by atomic mass is 10.0. The zero-order chi connectivity index (χ0) is 25.5. The van der Waals surface area contributed by atoms with Crippen molar-refractivity contribution >= 4 is 38.6 Å². The second-order valence-corrected chi connectivity index (χ2v) is 10.1. The molecule has 1 aliphatic rings. The highest BCUT2D eigenvalue weighted by Crippen LogP contribution is 2.40. The Labute approximate surface area is 195 Å². The fourth-order valence-electron chi connectivity index (χ4n) is 3.30. The summed E-state index contributed by atoms with van der Waals surface area (Å²) in [6.45, 7) is -1.45. The van der Waals surface area contributed by atoms with Crippen LogP contribution in [0.5, 0.6) is 0 Å². The number of nitrogens with one attached hydrogen (secondary N) is 2. The van der Waals surface area contributed by atoms with Gasteiger partial charge in [0.2, 0.25) is 0 Å². The lowest BCUT2D eigenvalue weighted by molar-refractivity contribution is -0.221. The summed E-state index contributed by atoms with van der Waals surface area (Å²) in [7, 11) is -3.13. The average molecular weight is 530 g/mol. The number of morpholine rings is 1. The fourth-order valence-corrected chi connectivity index (χ4v) is 4.26. The first kappa shape index (κ1) is 26.1. The van der Waals surface area contributed by atoms with Gasteiger partial charge in [0.05, 0.1) is 44.7 Å². The van der Waals surface area contributed by atoms with E-state index in [0.29, 0.717) is 6.07 Å². The predicted octanol–water partition coefficient (Wildman–Crippen LogP) is 5.41. The van der Waals surface area contributed by atoms with Crippen LogP contribution in [-0.4, -0.2) is 48.3 Å². The highest BCUT2D eigenvalue weighted by atomic mass is 35.5. The summed E-state index contributed by atoms with van der Waals surface area (Å²) in [6.07, 6.45) is -10.8. The maximum absolute atomic E-state index is 13.4. The molecular weight excluding hydrogens is 512 g/mol. The largest absolute Gasteiger partial charge is 0.417 e. The lowest BCUT2D eigenvalue weighted by Gasteiger charge is -2.36. The van der Waals surface area contributed by atoms with Gasteiger partial charge in [-0.3, -0.25) is 4.79 Å². The number of carbonyl (C=O) groups excluding carboxylic acids is 1. The van der Waals surface area contributed by atoms with E-state index in [9.17, 15) is 35.3 Å². The van der Waals surface area contributed by atoms with Crippen molar-refractivity contribution in [3.8, 4) is 0 Å². The molecule has 0 bridgehead atoms. The molecule has 0 aromatic heterocycles. The third-order valence-electron chi connectivity index (χ3n) is 4.95. The van der Waals surface area contributed by atoms with Crippen LogP contribution >= 0.6 is 11.6 Å². The zero-order valence-electron chi connectivity index (χ0n) is 17.4. The molecule has 1 saturated heterocycles. The van der Waals surface area contributed by atoms with Gasteiger partial charge in [0, 0.05) is 23.4 Å². The molecule has 0 radical (unpaired) electrons. The highest BCUT2D eigenvalue weighted by Gasteiger charge is 2.44. The van der Waals surface area contributed by atoms with Crippen LogP contribution in [0.25, 0.3) is 0 Å². The molecule has 2 aromatic carbocycles. The first-order valence-electron chi connectivity index (χ1n) is 9.56. The highest BCUT2D eigenvalue weighted by molar-refractivity contribution is 7.91. The first-order valence-corrected chi connectivity index (χ1v) is 11.9. The number of anilines is 2. The summed E-state index contributed by atoms with van der Waals surface area (Å²) in [6, 6.07) is 6.74. The quantitative estimate of drug-likeness (QED) is 0.519. The number of benzene rings is 2. The van der Waals surface area contributed by atoms with Crippen LogP contribution in [0.1, 0.15) is 15.9 Å². The standard InChI is InChI=1S/C20H18ClF6N3O3S/c1-34(28,32)12-4-2-3-11(7-12)29-18(31)13-8-15(21)14(19(22,23)24)9-16(13)30-5-6-33-17(10-30)20(25,26)27/h2-4,7-9,17,28H,5-6,10H2,1H3,(H,29,31)/t17-,34-/m1/s1. The number of ether oxygens (including phenoxy) is 1. The Hall–Kier alpha value is -2.51. The van der Waals surface area contributed by atoms with Crippen molar-refractivity contribution in [3.05, 3.63) is 52.5 Å². The molecule has 1 amide bonds. The molecule has 6 nitrogen and oxygen atoms in total. The van der Waals surface area contributed by atoms with Crippen molar-refractivity contribution in [2.75, 3.05) is 36.2 Å². The van der Waals surface area contributed by atoms with Crippen molar-refractivity contribution in [2.24, 2.45) is 0 Å². The summed E-state index contributed by atoms with van der Waals surface area (Å²) >= 11 is 5.77. The van der Waals surface area contributed by atoms with Gasteiger partial charge in [-0.2, -0.15) is 26.3 Å². The van der Waals surface area contributed by atoms with Crippen LogP contribution in [0.4, 0.5) is 37.7 Å². The number of hydrogen-bond acceptors (Lipinski definition) is 5. The molecule has 1 heterocycles. The van der Waals surface area contributed by atoms with Crippen LogP contribution < -0.4 is 10.2 Å². The summed E-state index contributed by atoms with van der Waals surface area (Å²) in [4.78, 5) is 14.1. The van der Waals surface area contributed by atoms with E-state index in [1.165, 1.54) is 24.3 Å². The van der Waals surface area contributed by atoms with Crippen LogP contribution in [0.15, 0.2) is 41.3 Å². The molecule has 3 rings (SSSR count). The molecule has 2 aromatic rings. The van der Waals surface area contributed by atoms with Gasteiger partial charge in [0.15, 0.2) is 6.10 Å². The minimum atomic E-state index is -4.92. The van der Waals surface area contributed by atoms with Crippen LogP contribution in [0.2, 0.25) is 5.02 Å². The minimum Gasteiger partial charge on any atom is -0.366 e. The van der Waals surface area contributed by atoms with E-state index >= 15 is 0 Å². The molecule has 34 heavy (non-hydrogen) atoms. The van der Waals surface area contributed by atoms with E-state index in [0.717, 1.165) is 17.2 Å². The summed E-state index contributed by atoms with van der Waals surface area (Å²) in [5.41, 5.74) is -2.02. The second-order valence-electron chi connectivity index (χ2n) is 7.52. The minimum absolute atomic E-state index is 0.0847. The smallest absolute Gasteiger partial charge is 0.366 e. The number of alkyl halides is 6. The maximum Gasteiger partial charge on any atom is 0.417 e. The van der Waals surface area contributed by atoms with Gasteiger partial charge >= 0.3 is 12.4 Å². The van der Waals surface area contributed by atoms with E-state index in [-0.39, 0.29) is 17.1 Å². The van der Waals surface area contributed by atoms with E-state index in [2.05, 4.69) is 5.32 Å². The van der Waals surface area contributed by atoms with Crippen molar-refractivity contribution in [1.29, 1.82) is 4.78 Å². The van der Waals surface area contributed by atoms with Crippen LogP contribution in [0.3, 0.4) is 0 Å². The molecule has 2 N–H and O–H groups in total. The van der Waals surface area contributed by atoms with Crippen molar-refractivity contribution in [1.82, 2.24) is 0 Å². The lowest BCUT2D eigenvalue weighted by Crippen LogP contribution is -2.49. The fraction of sp³-hybridized carbons (Fsp3) is 0.350. The first-order chi connectivity index (χ1) is 15.6. The van der Waals surface area contributed by atoms with E-state index in [1.807, 2.05) is 0 Å². The molecule has 14 heteroatoms. The molecule has 1 fully saturated rings. The number of hydrogen-bond donors (Lipinski definition) is 2. The summed E-state index contributed by atoms with van der Waals surface area (Å²) in [5, 5.41) is 1.60. The number of amides is 1. The number of nitrogens with zero attached hydrogens (tertiary/aromatic N) is 1. The van der Waals surface area contributed by atoms with Gasteiger partial charge < -0.3 is 15.0 Å². The Balaban J connectivity index is 2.04. The maximum atomic E-state index is 13.4. The van der Waals surface area contributed by atoms with Gasteiger partial charge in [-0.25, -0.2) is 8.99 Å². The SMILES string of the molecule is C[S@@](=N)(=O)c1cccc(NC(=O)c2cc(Cl)c(C(F)(F)F)cc2N2CCO[C@@H](C(F)(F)F)C2)c1. The molecule has 0 saturated carbocycles. The third kappa shape index (κ3) is 5.94. The zero-order valence-corrected chi connectivity index (χ0v) is 19.0. The van der Waals surface area contributed by atoms with Crippen molar-refractivity contribution in [3.63, 3.8) is 0 Å². The monoisotopic (exact) mass is 529 g/mol. The van der Waals surface area contributed by atoms with Gasteiger partial charge in [-0.05, 0) is 30.3 Å². The van der Waals surface area contributed by atoms with E-state index < -0.39 is 69.1 Å². The van der Waals surface area contributed by atoms with Gasteiger partial charge in [-0.15, -0.1) is 0 Å². The predicted molar refractivity (Wildman–Crippen MR) is 114 cm³/mol. The average Bonchev–Trinajstić information content (AvgIpc) is 2.71. The molecule has 1 aliphatic heterocycles. The van der Waals surface area contributed by atoms with Crippen molar-refractivity contribution in [2.45, 2.75) is 23.4 Å². The molecule has 186 valence electrons. The van der Waals surface area contributed by atoms with E-state index in [4.69, 9.17) is 21.1 Å². The van der Waals surface area contributed by atoms with E-state index in [1.54, 1.807) is 0 Å². The van der Waals surface area contributed by atoms with Gasteiger partial charge in [0.1, 0.15) is 0 Å². The second kappa shape index (κ2) is 9.27. The molecule has 0 unspecified atom stereocenters. The Morgan fingerprint density at radius 2 is 1.88 bits per heavy atom. The van der Waals surface area contributed by atoms with Crippen LogP contribution in [-0.2, 0) is 20.6 Å². The third-order valence-corrected chi connectivity index (χ3v) is 6.42. The summed E-state index contributed by atoms with van der Waals surface area (Å²) in [5.74, 6) is -0.953. The van der Waals surface area contributed by atoms with Crippen LogP contribution in [0, 0.1) is 4.78 Å². The Morgan fingerprint density at radius 1 is 1.21 bits per heavy atom. The molecule has 0 spiro atoms. The number of rotatable bonds is 4. The Kier molecular flexibility index (Phi) is 7.11. The summed E-state index contributed by atoms with van der Waals surface area (Å²) < 4.78 is 104. The Morgan fingerprint density at radius 3 is 2.47 bits per heavy atom. The topological polar surface area (TPSA) is 82.5 Å². The normalized spacial score (nSPS) is 18.9. The van der Waals surface area contributed by atoms with Crippen molar-refractivity contribution < 1.29 is 40.1 Å².